The molecule has 0 bridgehead atoms. The number of rotatable bonds is 2. The van der Waals surface area contributed by atoms with Gasteiger partial charge in [0.25, 0.3) is 5.91 Å². The van der Waals surface area contributed by atoms with Gasteiger partial charge in [-0.2, -0.15) is 0 Å². The highest BCUT2D eigenvalue weighted by molar-refractivity contribution is 6.33. The minimum atomic E-state index is -0.207. The van der Waals surface area contributed by atoms with Crippen LogP contribution in [0.2, 0.25) is 5.02 Å². The first kappa shape index (κ1) is 12.7. The van der Waals surface area contributed by atoms with Crippen LogP contribution in [0.25, 0.3) is 5.65 Å². The number of aromatic nitrogens is 2. The summed E-state index contributed by atoms with van der Waals surface area (Å²) < 4.78 is 1.88. The predicted molar refractivity (Wildman–Crippen MR) is 79.3 cm³/mol. The van der Waals surface area contributed by atoms with Crippen LogP contribution in [-0.2, 0) is 0 Å². The zero-order valence-corrected chi connectivity index (χ0v) is 11.6. The quantitative estimate of drug-likeness (QED) is 0.783. The van der Waals surface area contributed by atoms with Crippen LogP contribution in [0.5, 0.6) is 0 Å². The summed E-state index contributed by atoms with van der Waals surface area (Å²) in [4.78, 5) is 16.5. The summed E-state index contributed by atoms with van der Waals surface area (Å²) in [5.74, 6) is -0.207. The number of aryl methyl sites for hydroxylation is 1. The van der Waals surface area contributed by atoms with E-state index in [-0.39, 0.29) is 5.91 Å². The third kappa shape index (κ3) is 2.38. The SMILES string of the molecule is Cc1cn2ccc(C(=O)Nc3ccccc3Cl)cc2n1. The molecule has 0 saturated carbocycles. The number of carbonyl (C=O) groups is 1. The highest BCUT2D eigenvalue weighted by Gasteiger charge is 2.09. The second-order valence-electron chi connectivity index (χ2n) is 4.50. The van der Waals surface area contributed by atoms with E-state index in [0.717, 1.165) is 11.3 Å². The second-order valence-corrected chi connectivity index (χ2v) is 4.90. The summed E-state index contributed by atoms with van der Waals surface area (Å²) in [6.45, 7) is 1.91. The van der Waals surface area contributed by atoms with Gasteiger partial charge in [0.2, 0.25) is 0 Å². The molecule has 4 nitrogen and oxygen atoms in total. The molecule has 0 aliphatic carbocycles. The summed E-state index contributed by atoms with van der Waals surface area (Å²) in [7, 11) is 0. The standard InChI is InChI=1S/C15H12ClN3O/c1-10-9-19-7-6-11(8-14(19)17-10)15(20)18-13-5-3-2-4-12(13)16/h2-9H,1H3,(H,18,20). The van der Waals surface area contributed by atoms with Gasteiger partial charge >= 0.3 is 0 Å². The van der Waals surface area contributed by atoms with Gasteiger partial charge in [0.05, 0.1) is 16.4 Å². The molecule has 0 fully saturated rings. The van der Waals surface area contributed by atoms with Crippen molar-refractivity contribution in [1.29, 1.82) is 0 Å². The Hall–Kier alpha value is -2.33. The number of carbonyl (C=O) groups excluding carboxylic acids is 1. The van der Waals surface area contributed by atoms with Gasteiger partial charge in [0, 0.05) is 18.0 Å². The lowest BCUT2D eigenvalue weighted by Gasteiger charge is -2.07. The maximum atomic E-state index is 12.2. The molecule has 0 unspecified atom stereocenters. The van der Waals surface area contributed by atoms with E-state index in [4.69, 9.17) is 11.6 Å². The van der Waals surface area contributed by atoms with E-state index in [2.05, 4.69) is 10.3 Å². The van der Waals surface area contributed by atoms with E-state index in [1.807, 2.05) is 35.9 Å². The summed E-state index contributed by atoms with van der Waals surface area (Å²) in [5, 5.41) is 3.30. The van der Waals surface area contributed by atoms with Crippen molar-refractivity contribution in [3.8, 4) is 0 Å². The van der Waals surface area contributed by atoms with Crippen molar-refractivity contribution < 1.29 is 4.79 Å². The molecule has 3 aromatic rings. The van der Waals surface area contributed by atoms with Crippen LogP contribution in [0.4, 0.5) is 5.69 Å². The van der Waals surface area contributed by atoms with E-state index < -0.39 is 0 Å². The number of fused-ring (bicyclic) bond motifs is 1. The van der Waals surface area contributed by atoms with E-state index in [1.165, 1.54) is 0 Å². The number of halogens is 1. The molecule has 1 N–H and O–H groups in total. The molecule has 0 radical (unpaired) electrons. The van der Waals surface area contributed by atoms with Gasteiger partial charge in [-0.3, -0.25) is 4.79 Å². The maximum Gasteiger partial charge on any atom is 0.255 e. The number of benzene rings is 1. The number of anilines is 1. The first-order valence-corrected chi connectivity index (χ1v) is 6.52. The van der Waals surface area contributed by atoms with Gasteiger partial charge in [-0.25, -0.2) is 4.98 Å². The number of pyridine rings is 1. The van der Waals surface area contributed by atoms with Crippen molar-refractivity contribution in [2.45, 2.75) is 6.92 Å². The number of para-hydroxylation sites is 1. The minimum Gasteiger partial charge on any atom is -0.321 e. The lowest BCUT2D eigenvalue weighted by molar-refractivity contribution is 0.102. The Labute approximate surface area is 121 Å². The summed E-state index contributed by atoms with van der Waals surface area (Å²) in [6, 6.07) is 10.6. The zero-order valence-electron chi connectivity index (χ0n) is 10.8. The molecule has 0 spiro atoms. The molecule has 0 aliphatic heterocycles. The smallest absolute Gasteiger partial charge is 0.255 e. The maximum absolute atomic E-state index is 12.2. The van der Waals surface area contributed by atoms with Crippen LogP contribution < -0.4 is 5.32 Å². The molecule has 2 aromatic heterocycles. The number of nitrogens with one attached hydrogen (secondary N) is 1. The van der Waals surface area contributed by atoms with Crippen molar-refractivity contribution in [2.24, 2.45) is 0 Å². The number of hydrogen-bond acceptors (Lipinski definition) is 2. The third-order valence-corrected chi connectivity index (χ3v) is 3.29. The summed E-state index contributed by atoms with van der Waals surface area (Å²) in [5.41, 5.74) is 2.80. The van der Waals surface area contributed by atoms with E-state index in [1.54, 1.807) is 24.3 Å². The van der Waals surface area contributed by atoms with Crippen molar-refractivity contribution in [2.75, 3.05) is 5.32 Å². The molecule has 20 heavy (non-hydrogen) atoms. The fraction of sp³-hybridized carbons (Fsp3) is 0.0667. The van der Waals surface area contributed by atoms with Gasteiger partial charge < -0.3 is 9.72 Å². The highest BCUT2D eigenvalue weighted by atomic mass is 35.5. The number of hydrogen-bond donors (Lipinski definition) is 1. The van der Waals surface area contributed by atoms with Crippen LogP contribution in [0.15, 0.2) is 48.8 Å². The van der Waals surface area contributed by atoms with Crippen molar-refractivity contribution in [1.82, 2.24) is 9.38 Å². The van der Waals surface area contributed by atoms with Gasteiger partial charge in [0.1, 0.15) is 5.65 Å². The minimum absolute atomic E-state index is 0.207. The number of amides is 1. The molecule has 1 aromatic carbocycles. The predicted octanol–water partition coefficient (Wildman–Crippen LogP) is 3.55. The van der Waals surface area contributed by atoms with Crippen molar-refractivity contribution >= 4 is 28.8 Å². The van der Waals surface area contributed by atoms with Crippen LogP contribution in [0.3, 0.4) is 0 Å². The molecular weight excluding hydrogens is 274 g/mol. The molecule has 3 rings (SSSR count). The van der Waals surface area contributed by atoms with Gasteiger partial charge in [0.15, 0.2) is 0 Å². The lowest BCUT2D eigenvalue weighted by atomic mass is 10.2. The molecule has 1 amide bonds. The van der Waals surface area contributed by atoms with Crippen LogP contribution in [-0.4, -0.2) is 15.3 Å². The largest absolute Gasteiger partial charge is 0.321 e. The Morgan fingerprint density at radius 2 is 2.10 bits per heavy atom. The molecule has 5 heteroatoms. The van der Waals surface area contributed by atoms with E-state index >= 15 is 0 Å². The Morgan fingerprint density at radius 3 is 2.90 bits per heavy atom. The van der Waals surface area contributed by atoms with Crippen molar-refractivity contribution in [3.05, 3.63) is 65.1 Å². The molecule has 0 saturated heterocycles. The average Bonchev–Trinajstić information content (AvgIpc) is 2.80. The molecular formula is C15H12ClN3O. The number of imidazole rings is 1. The monoisotopic (exact) mass is 285 g/mol. The average molecular weight is 286 g/mol. The van der Waals surface area contributed by atoms with Crippen LogP contribution in [0, 0.1) is 6.92 Å². The Kier molecular flexibility index (Phi) is 3.16. The third-order valence-electron chi connectivity index (χ3n) is 2.96. The van der Waals surface area contributed by atoms with E-state index in [0.29, 0.717) is 16.3 Å². The Bertz CT molecular complexity index is 795. The second kappa shape index (κ2) is 4.98. The van der Waals surface area contributed by atoms with Gasteiger partial charge in [-0.05, 0) is 31.2 Å². The van der Waals surface area contributed by atoms with Crippen molar-refractivity contribution in [3.63, 3.8) is 0 Å². The summed E-state index contributed by atoms with van der Waals surface area (Å²) in [6.07, 6.45) is 3.72. The Morgan fingerprint density at radius 1 is 1.30 bits per heavy atom. The highest BCUT2D eigenvalue weighted by Crippen LogP contribution is 2.21. The fourth-order valence-electron chi connectivity index (χ4n) is 2.01. The zero-order chi connectivity index (χ0) is 14.1. The molecule has 100 valence electrons. The molecule has 2 heterocycles. The van der Waals surface area contributed by atoms with Gasteiger partial charge in [-0.15, -0.1) is 0 Å². The van der Waals surface area contributed by atoms with E-state index in [9.17, 15) is 4.79 Å². The summed E-state index contributed by atoms with van der Waals surface area (Å²) >= 11 is 6.02. The van der Waals surface area contributed by atoms with Crippen LogP contribution in [0.1, 0.15) is 16.1 Å². The van der Waals surface area contributed by atoms with Gasteiger partial charge in [-0.1, -0.05) is 23.7 Å². The normalized spacial score (nSPS) is 10.7. The first-order chi connectivity index (χ1) is 9.63. The number of nitrogens with zero attached hydrogens (tertiary/aromatic N) is 2. The van der Waals surface area contributed by atoms with Crippen LogP contribution >= 0.6 is 11.6 Å². The lowest BCUT2D eigenvalue weighted by Crippen LogP contribution is -2.12. The molecule has 0 atom stereocenters. The fourth-order valence-corrected chi connectivity index (χ4v) is 2.19. The molecule has 0 aliphatic rings. The topological polar surface area (TPSA) is 46.4 Å². The Balaban J connectivity index is 1.90. The first-order valence-electron chi connectivity index (χ1n) is 6.15.